The molecule has 2 aromatic carbocycles. The molecular weight excluding hydrogens is 366 g/mol. The maximum absolute atomic E-state index is 12.6. The lowest BCUT2D eigenvalue weighted by molar-refractivity contribution is 0.102. The zero-order valence-electron chi connectivity index (χ0n) is 17.0. The number of aromatic nitrogens is 3. The molecule has 152 valence electrons. The predicted molar refractivity (Wildman–Crippen MR) is 114 cm³/mol. The summed E-state index contributed by atoms with van der Waals surface area (Å²) in [6.07, 6.45) is 0.824. The number of amides is 1. The van der Waals surface area contributed by atoms with Crippen molar-refractivity contribution in [3.8, 4) is 0 Å². The molecule has 7 nitrogen and oxygen atoms in total. The van der Waals surface area contributed by atoms with Crippen LogP contribution in [0.1, 0.15) is 41.6 Å². The van der Waals surface area contributed by atoms with Gasteiger partial charge in [0.1, 0.15) is 0 Å². The van der Waals surface area contributed by atoms with Gasteiger partial charge < -0.3 is 15.3 Å². The maximum atomic E-state index is 12.6. The van der Waals surface area contributed by atoms with E-state index in [9.17, 15) is 9.90 Å². The second-order valence-electron chi connectivity index (χ2n) is 6.88. The van der Waals surface area contributed by atoms with Gasteiger partial charge in [-0.25, -0.2) is 4.68 Å². The molecule has 1 amide bonds. The van der Waals surface area contributed by atoms with Crippen LogP contribution in [0, 0.1) is 6.92 Å². The monoisotopic (exact) mass is 393 g/mol. The van der Waals surface area contributed by atoms with Crippen molar-refractivity contribution < 1.29 is 9.90 Å². The SMILES string of the molecule is CCN(CC)c1ccc(NC(=O)c2cn(CC(O)c3ccccc3)nn2)c(C)c1. The number of aryl methyl sites for hydroxylation is 1. The van der Waals surface area contributed by atoms with E-state index in [1.165, 1.54) is 4.68 Å². The van der Waals surface area contributed by atoms with E-state index in [1.54, 1.807) is 6.20 Å². The lowest BCUT2D eigenvalue weighted by Gasteiger charge is -2.22. The summed E-state index contributed by atoms with van der Waals surface area (Å²) in [6, 6.07) is 15.3. The van der Waals surface area contributed by atoms with Crippen LogP contribution in [0.4, 0.5) is 11.4 Å². The molecule has 7 heteroatoms. The van der Waals surface area contributed by atoms with Crippen molar-refractivity contribution in [3.05, 3.63) is 71.5 Å². The average Bonchev–Trinajstić information content (AvgIpc) is 3.20. The van der Waals surface area contributed by atoms with Crippen molar-refractivity contribution >= 4 is 17.3 Å². The molecule has 0 fully saturated rings. The maximum Gasteiger partial charge on any atom is 0.277 e. The molecule has 0 spiro atoms. The number of aliphatic hydroxyl groups excluding tert-OH is 1. The Hall–Kier alpha value is -3.19. The zero-order chi connectivity index (χ0) is 20.8. The minimum Gasteiger partial charge on any atom is -0.386 e. The first kappa shape index (κ1) is 20.5. The third-order valence-electron chi connectivity index (χ3n) is 4.90. The van der Waals surface area contributed by atoms with Crippen LogP contribution in [-0.4, -0.2) is 39.1 Å². The number of hydrogen-bond donors (Lipinski definition) is 2. The first-order chi connectivity index (χ1) is 14.0. The largest absolute Gasteiger partial charge is 0.386 e. The fourth-order valence-electron chi connectivity index (χ4n) is 3.21. The topological polar surface area (TPSA) is 83.3 Å². The van der Waals surface area contributed by atoms with Crippen molar-refractivity contribution in [1.29, 1.82) is 0 Å². The van der Waals surface area contributed by atoms with E-state index >= 15 is 0 Å². The number of nitrogens with zero attached hydrogens (tertiary/aromatic N) is 4. The molecule has 29 heavy (non-hydrogen) atoms. The summed E-state index contributed by atoms with van der Waals surface area (Å²) in [4.78, 5) is 14.8. The van der Waals surface area contributed by atoms with Gasteiger partial charge in [-0.15, -0.1) is 5.10 Å². The van der Waals surface area contributed by atoms with Crippen LogP contribution in [0.5, 0.6) is 0 Å². The molecule has 0 radical (unpaired) electrons. The lowest BCUT2D eigenvalue weighted by atomic mass is 10.1. The Bertz CT molecular complexity index is 951. The van der Waals surface area contributed by atoms with E-state index < -0.39 is 6.10 Å². The van der Waals surface area contributed by atoms with Gasteiger partial charge in [-0.3, -0.25) is 4.79 Å². The minimum absolute atomic E-state index is 0.206. The van der Waals surface area contributed by atoms with Gasteiger partial charge in [0.15, 0.2) is 5.69 Å². The van der Waals surface area contributed by atoms with Crippen molar-refractivity contribution in [3.63, 3.8) is 0 Å². The fourth-order valence-corrected chi connectivity index (χ4v) is 3.21. The summed E-state index contributed by atoms with van der Waals surface area (Å²) in [5, 5.41) is 21.1. The Kier molecular flexibility index (Phi) is 6.61. The van der Waals surface area contributed by atoms with Crippen LogP contribution in [0.3, 0.4) is 0 Å². The summed E-state index contributed by atoms with van der Waals surface area (Å²) in [7, 11) is 0. The number of carbonyl (C=O) groups is 1. The molecule has 2 N–H and O–H groups in total. The average molecular weight is 393 g/mol. The van der Waals surface area contributed by atoms with E-state index in [2.05, 4.69) is 40.4 Å². The van der Waals surface area contributed by atoms with Crippen molar-refractivity contribution in [2.45, 2.75) is 33.4 Å². The molecule has 1 heterocycles. The molecule has 0 saturated heterocycles. The highest BCUT2D eigenvalue weighted by molar-refractivity contribution is 6.03. The van der Waals surface area contributed by atoms with E-state index in [0.717, 1.165) is 35.6 Å². The zero-order valence-corrected chi connectivity index (χ0v) is 17.0. The third-order valence-corrected chi connectivity index (χ3v) is 4.90. The van der Waals surface area contributed by atoms with Crippen LogP contribution in [-0.2, 0) is 6.54 Å². The molecule has 1 atom stereocenters. The number of anilines is 2. The molecule has 1 aromatic heterocycles. The summed E-state index contributed by atoms with van der Waals surface area (Å²) < 4.78 is 1.48. The highest BCUT2D eigenvalue weighted by Crippen LogP contribution is 2.23. The molecule has 0 aliphatic rings. The number of rotatable bonds is 8. The highest BCUT2D eigenvalue weighted by atomic mass is 16.3. The van der Waals surface area contributed by atoms with E-state index in [-0.39, 0.29) is 18.1 Å². The van der Waals surface area contributed by atoms with Crippen LogP contribution in [0.2, 0.25) is 0 Å². The Labute approximate surface area is 171 Å². The van der Waals surface area contributed by atoms with Gasteiger partial charge in [0.25, 0.3) is 5.91 Å². The Balaban J connectivity index is 1.66. The molecular formula is C22H27N5O2. The molecule has 3 aromatic rings. The summed E-state index contributed by atoms with van der Waals surface area (Å²) >= 11 is 0. The fraction of sp³-hybridized carbons (Fsp3) is 0.318. The smallest absolute Gasteiger partial charge is 0.277 e. The number of aliphatic hydroxyl groups is 1. The Morgan fingerprint density at radius 1 is 1.17 bits per heavy atom. The van der Waals surface area contributed by atoms with Gasteiger partial charge in [0.05, 0.1) is 18.8 Å². The van der Waals surface area contributed by atoms with Crippen molar-refractivity contribution in [2.24, 2.45) is 0 Å². The first-order valence-corrected chi connectivity index (χ1v) is 9.81. The Morgan fingerprint density at radius 3 is 2.55 bits per heavy atom. The van der Waals surface area contributed by atoms with Gasteiger partial charge in [-0.2, -0.15) is 0 Å². The predicted octanol–water partition coefficient (Wildman–Crippen LogP) is 3.42. The quantitative estimate of drug-likeness (QED) is 0.613. The molecule has 0 saturated carbocycles. The van der Waals surface area contributed by atoms with E-state index in [1.807, 2.05) is 49.4 Å². The number of benzene rings is 2. The minimum atomic E-state index is -0.719. The number of hydrogen-bond acceptors (Lipinski definition) is 5. The highest BCUT2D eigenvalue weighted by Gasteiger charge is 2.15. The lowest BCUT2D eigenvalue weighted by Crippen LogP contribution is -2.22. The van der Waals surface area contributed by atoms with Crippen molar-refractivity contribution in [1.82, 2.24) is 15.0 Å². The van der Waals surface area contributed by atoms with Crippen LogP contribution in [0.15, 0.2) is 54.7 Å². The van der Waals surface area contributed by atoms with E-state index in [0.29, 0.717) is 0 Å². The first-order valence-electron chi connectivity index (χ1n) is 9.81. The molecule has 0 aliphatic carbocycles. The standard InChI is InChI=1S/C22H27N5O2/c1-4-26(5-2)18-11-12-19(16(3)13-18)23-22(29)20-14-27(25-24-20)15-21(28)17-9-7-6-8-10-17/h6-14,21,28H,4-5,15H2,1-3H3,(H,23,29). The van der Waals surface area contributed by atoms with Crippen LogP contribution in [0.25, 0.3) is 0 Å². The van der Waals surface area contributed by atoms with Gasteiger partial charge in [0, 0.05) is 24.5 Å². The summed E-state index contributed by atoms with van der Waals surface area (Å²) in [6.45, 7) is 8.29. The van der Waals surface area contributed by atoms with Crippen LogP contribution < -0.4 is 10.2 Å². The van der Waals surface area contributed by atoms with E-state index in [4.69, 9.17) is 0 Å². The normalized spacial score (nSPS) is 11.9. The summed E-state index contributed by atoms with van der Waals surface area (Å²) in [5.74, 6) is -0.329. The van der Waals surface area contributed by atoms with Gasteiger partial charge in [-0.1, -0.05) is 35.5 Å². The molecule has 3 rings (SSSR count). The van der Waals surface area contributed by atoms with Gasteiger partial charge >= 0.3 is 0 Å². The van der Waals surface area contributed by atoms with Gasteiger partial charge in [0.2, 0.25) is 0 Å². The number of nitrogens with one attached hydrogen (secondary N) is 1. The molecule has 0 bridgehead atoms. The Morgan fingerprint density at radius 2 is 1.90 bits per heavy atom. The second-order valence-corrected chi connectivity index (χ2v) is 6.88. The third kappa shape index (κ3) is 5.00. The number of carbonyl (C=O) groups excluding carboxylic acids is 1. The molecule has 0 aliphatic heterocycles. The second kappa shape index (κ2) is 9.34. The van der Waals surface area contributed by atoms with Crippen molar-refractivity contribution in [2.75, 3.05) is 23.3 Å². The van der Waals surface area contributed by atoms with Gasteiger partial charge in [-0.05, 0) is 50.1 Å². The van der Waals surface area contributed by atoms with Crippen LogP contribution >= 0.6 is 0 Å². The summed E-state index contributed by atoms with van der Waals surface area (Å²) in [5.41, 5.74) is 3.85. The molecule has 1 unspecified atom stereocenters.